The van der Waals surface area contributed by atoms with E-state index in [1.807, 2.05) is 0 Å². The predicted molar refractivity (Wildman–Crippen MR) is 83.4 cm³/mol. The van der Waals surface area contributed by atoms with E-state index in [0.717, 1.165) is 38.5 Å². The topological polar surface area (TPSA) is 230 Å². The molecule has 0 aromatic carbocycles. The molecule has 0 bridgehead atoms. The van der Waals surface area contributed by atoms with Crippen LogP contribution in [0.1, 0.15) is 64.2 Å². The number of nitrogens with two attached hydrogens (primary N) is 2. The van der Waals surface area contributed by atoms with Crippen LogP contribution < -0.4 is 21.7 Å². The van der Waals surface area contributed by atoms with E-state index in [9.17, 15) is 19.8 Å². The van der Waals surface area contributed by atoms with Crippen LogP contribution in [0.25, 0.3) is 0 Å². The molecule has 10 heteroatoms. The molecule has 12 N–H and O–H groups in total. The molecule has 9 nitrogen and oxygen atoms in total. The van der Waals surface area contributed by atoms with Gasteiger partial charge in [0.05, 0.1) is 23.0 Å². The average Bonchev–Trinajstić information content (AvgIpc) is 2.41. The zero-order valence-electron chi connectivity index (χ0n) is 13.8. The molecule has 24 heavy (non-hydrogen) atoms. The van der Waals surface area contributed by atoms with Gasteiger partial charge in [0.15, 0.2) is 0 Å². The summed E-state index contributed by atoms with van der Waals surface area (Å²) in [4.78, 5) is 20.9. The first-order valence-electron chi connectivity index (χ1n) is 7.31. The van der Waals surface area contributed by atoms with E-state index in [0.29, 0.717) is 25.7 Å². The fourth-order valence-corrected chi connectivity index (χ4v) is 2.77. The second-order valence-electron chi connectivity index (χ2n) is 6.01. The van der Waals surface area contributed by atoms with Gasteiger partial charge < -0.3 is 47.7 Å². The number of hydrogen-bond donors (Lipinski definition) is 2. The normalized spacial score (nSPS) is 20.1. The number of rotatable bonds is 2. The molecular formula is C14H32N2NiO7+2. The summed E-state index contributed by atoms with van der Waals surface area (Å²) in [6.45, 7) is 0. The Kier molecular flexibility index (Phi) is 17.5. The van der Waals surface area contributed by atoms with Crippen molar-refractivity contribution < 1.29 is 52.7 Å². The summed E-state index contributed by atoms with van der Waals surface area (Å²) in [5.41, 5.74) is 9.05. The number of aliphatic carboxylic acids is 2. The van der Waals surface area contributed by atoms with Gasteiger partial charge in [0.2, 0.25) is 0 Å². The van der Waals surface area contributed by atoms with Crippen molar-refractivity contribution >= 4 is 11.9 Å². The van der Waals surface area contributed by atoms with Crippen molar-refractivity contribution in [1.82, 2.24) is 0 Å². The van der Waals surface area contributed by atoms with Crippen molar-refractivity contribution in [2.45, 2.75) is 75.3 Å². The first-order valence-corrected chi connectivity index (χ1v) is 7.31. The van der Waals surface area contributed by atoms with Crippen molar-refractivity contribution in [1.29, 1.82) is 0 Å². The number of carboxylic acids is 2. The molecule has 0 atom stereocenters. The third kappa shape index (κ3) is 8.91. The maximum absolute atomic E-state index is 10.4. The van der Waals surface area contributed by atoms with Gasteiger partial charge in [0.25, 0.3) is 0 Å². The number of carboxylic acid groups (broad SMARTS) is 2. The van der Waals surface area contributed by atoms with Crippen LogP contribution in [0.4, 0.5) is 0 Å². The van der Waals surface area contributed by atoms with Gasteiger partial charge in [-0.05, 0) is 25.7 Å². The maximum atomic E-state index is 10.4. The van der Waals surface area contributed by atoms with Gasteiger partial charge >= 0.3 is 16.5 Å². The van der Waals surface area contributed by atoms with E-state index >= 15 is 0 Å². The number of hydrogen-bond acceptors (Lipinski definition) is 6. The second kappa shape index (κ2) is 13.5. The van der Waals surface area contributed by atoms with Gasteiger partial charge in [0, 0.05) is 0 Å². The van der Waals surface area contributed by atoms with Crippen molar-refractivity contribution in [3.8, 4) is 0 Å². The number of carbonyl (C=O) groups excluding carboxylic acids is 2. The van der Waals surface area contributed by atoms with Crippen LogP contribution in [0.5, 0.6) is 0 Å². The van der Waals surface area contributed by atoms with E-state index in [-0.39, 0.29) is 32.9 Å². The third-order valence-corrected chi connectivity index (χ3v) is 4.30. The zero-order chi connectivity index (χ0) is 15.2. The Balaban J connectivity index is -0.000000143. The Morgan fingerprint density at radius 1 is 0.667 bits per heavy atom. The summed E-state index contributed by atoms with van der Waals surface area (Å²) in [6, 6.07) is 0. The van der Waals surface area contributed by atoms with E-state index < -0.39 is 23.0 Å². The van der Waals surface area contributed by atoms with Crippen LogP contribution in [0.15, 0.2) is 0 Å². The molecule has 2 fully saturated rings. The molecule has 2 rings (SSSR count). The van der Waals surface area contributed by atoms with E-state index in [1.54, 1.807) is 0 Å². The summed E-state index contributed by atoms with van der Waals surface area (Å²) in [7, 11) is 0. The number of carbonyl (C=O) groups is 2. The molecule has 0 heterocycles. The van der Waals surface area contributed by atoms with Gasteiger partial charge in [-0.3, -0.25) is 0 Å². The minimum atomic E-state index is -1.09. The van der Waals surface area contributed by atoms with Crippen LogP contribution in [-0.4, -0.2) is 28.5 Å². The smallest absolute Gasteiger partial charge is 0.548 e. The van der Waals surface area contributed by atoms with Crippen LogP contribution in [0.3, 0.4) is 0 Å². The molecule has 0 amide bonds. The van der Waals surface area contributed by atoms with Crippen LogP contribution in [0.2, 0.25) is 0 Å². The Bertz CT molecular complexity index is 323. The fraction of sp³-hybridized carbons (Fsp3) is 0.857. The van der Waals surface area contributed by atoms with E-state index in [4.69, 9.17) is 11.5 Å². The van der Waals surface area contributed by atoms with Crippen molar-refractivity contribution in [2.24, 2.45) is 11.5 Å². The molecule has 2 saturated carbocycles. The molecular weight excluding hydrogens is 367 g/mol. The average molecular weight is 399 g/mol. The van der Waals surface area contributed by atoms with Crippen LogP contribution >= 0.6 is 0 Å². The van der Waals surface area contributed by atoms with Crippen LogP contribution in [-0.2, 0) is 37.0 Å². The first kappa shape index (κ1) is 31.0. The summed E-state index contributed by atoms with van der Waals surface area (Å²) < 4.78 is 0. The Hall–Kier alpha value is -0.766. The van der Waals surface area contributed by atoms with Gasteiger partial charge in [-0.15, -0.1) is 0 Å². The third-order valence-electron chi connectivity index (χ3n) is 4.30. The fourth-order valence-electron chi connectivity index (χ4n) is 2.77. The quantitative estimate of drug-likeness (QED) is 0.348. The largest absolute Gasteiger partial charge is 2.00 e. The molecule has 0 spiro atoms. The molecule has 0 radical (unpaired) electrons. The monoisotopic (exact) mass is 398 g/mol. The Morgan fingerprint density at radius 3 is 1.00 bits per heavy atom. The van der Waals surface area contributed by atoms with Crippen molar-refractivity contribution in [3.05, 3.63) is 0 Å². The maximum Gasteiger partial charge on any atom is 2.00 e. The minimum absolute atomic E-state index is 0. The summed E-state index contributed by atoms with van der Waals surface area (Å²) >= 11 is 0. The Labute approximate surface area is 152 Å². The van der Waals surface area contributed by atoms with E-state index in [1.165, 1.54) is 0 Å². The van der Waals surface area contributed by atoms with Crippen molar-refractivity contribution in [2.75, 3.05) is 0 Å². The van der Waals surface area contributed by atoms with Gasteiger partial charge in [-0.2, -0.15) is 0 Å². The summed E-state index contributed by atoms with van der Waals surface area (Å²) in [5, 5.41) is 20.9. The first-order chi connectivity index (χ1) is 9.30. The molecule has 0 aliphatic heterocycles. The van der Waals surface area contributed by atoms with Gasteiger partial charge in [-0.25, -0.2) is 0 Å². The minimum Gasteiger partial charge on any atom is -0.548 e. The molecule has 0 unspecified atom stereocenters. The van der Waals surface area contributed by atoms with Gasteiger partial charge in [-0.1, -0.05) is 38.5 Å². The molecule has 0 saturated heterocycles. The van der Waals surface area contributed by atoms with E-state index in [2.05, 4.69) is 0 Å². The molecule has 0 aromatic rings. The zero-order valence-corrected chi connectivity index (χ0v) is 14.8. The summed E-state index contributed by atoms with van der Waals surface area (Å²) in [6.07, 6.45) is 8.21. The van der Waals surface area contributed by atoms with Crippen LogP contribution in [0, 0.1) is 0 Å². The SMILES string of the molecule is NC1(C(=O)[O-])CCCCC1.NC1(C(=O)[O-])CCCCC1.O.[Ni+2].[OH3+].[OH3+]. The second-order valence-corrected chi connectivity index (χ2v) is 6.01. The standard InChI is InChI=1S/2C7H13NO2.Ni.3H2O/c2*8-7(6(9)10)4-2-1-3-5-7;;;;/h2*1-5,8H2,(H,9,10);;3*1H2/q;;+2;;;. The molecule has 2 aliphatic carbocycles. The molecule has 148 valence electrons. The van der Waals surface area contributed by atoms with Gasteiger partial charge in [0.1, 0.15) is 0 Å². The van der Waals surface area contributed by atoms with Crippen molar-refractivity contribution in [3.63, 3.8) is 0 Å². The molecule has 2 aliphatic rings. The predicted octanol–water partition coefficient (Wildman–Crippen LogP) is -3.88. The Morgan fingerprint density at radius 2 is 0.875 bits per heavy atom. The molecule has 0 aromatic heterocycles. The summed E-state index contributed by atoms with van der Waals surface area (Å²) in [5.74, 6) is -2.18.